The van der Waals surface area contributed by atoms with Crippen LogP contribution >= 0.6 is 0 Å². The number of aliphatic hydroxyl groups is 1. The lowest BCUT2D eigenvalue weighted by atomic mass is 9.65. The van der Waals surface area contributed by atoms with E-state index in [2.05, 4.69) is 4.98 Å². The van der Waals surface area contributed by atoms with Crippen molar-refractivity contribution in [3.05, 3.63) is 18.2 Å². The summed E-state index contributed by atoms with van der Waals surface area (Å²) in [6, 6.07) is 0. The fraction of sp³-hybridized carbons (Fsp3) is 0.706. The van der Waals surface area contributed by atoms with Gasteiger partial charge in [-0.2, -0.15) is 0 Å². The van der Waals surface area contributed by atoms with Crippen LogP contribution < -0.4 is 0 Å². The van der Waals surface area contributed by atoms with Gasteiger partial charge in [0.05, 0.1) is 18.7 Å². The topological polar surface area (TPSA) is 98.9 Å². The van der Waals surface area contributed by atoms with E-state index in [1.54, 1.807) is 17.3 Å². The first-order valence-electron chi connectivity index (χ1n) is 8.91. The second kappa shape index (κ2) is 5.72. The van der Waals surface area contributed by atoms with Gasteiger partial charge in [0, 0.05) is 30.9 Å². The molecule has 8 nitrogen and oxygen atoms in total. The smallest absolute Gasteiger partial charge is 0.407 e. The van der Waals surface area contributed by atoms with Crippen molar-refractivity contribution in [3.8, 4) is 0 Å². The highest BCUT2D eigenvalue weighted by Crippen LogP contribution is 2.51. The van der Waals surface area contributed by atoms with Crippen LogP contribution in [0.4, 0.5) is 4.79 Å². The second-order valence-electron chi connectivity index (χ2n) is 7.69. The molecule has 0 aromatic carbocycles. The fourth-order valence-electron chi connectivity index (χ4n) is 4.86. The molecule has 1 spiro atoms. The number of aromatic nitrogens is 2. The zero-order valence-corrected chi connectivity index (χ0v) is 14.2. The Labute approximate surface area is 146 Å². The number of carboxylic acid groups (broad SMARTS) is 1. The van der Waals surface area contributed by atoms with Crippen molar-refractivity contribution in [1.29, 1.82) is 0 Å². The highest BCUT2D eigenvalue weighted by molar-refractivity contribution is 5.77. The number of carbonyl (C=O) groups excluding carboxylic acids is 1. The lowest BCUT2D eigenvalue weighted by Crippen LogP contribution is -2.64. The lowest BCUT2D eigenvalue weighted by Gasteiger charge is -2.53. The zero-order chi connectivity index (χ0) is 17.7. The molecular formula is C17H24N4O4. The predicted octanol–water partition coefficient (Wildman–Crippen LogP) is 0.900. The molecule has 3 heterocycles. The molecule has 1 aromatic rings. The molecule has 2 aliphatic heterocycles. The van der Waals surface area contributed by atoms with Crippen molar-refractivity contribution in [2.45, 2.75) is 50.8 Å². The molecule has 1 saturated carbocycles. The van der Waals surface area contributed by atoms with Gasteiger partial charge in [-0.25, -0.2) is 9.78 Å². The highest BCUT2D eigenvalue weighted by atomic mass is 16.4. The van der Waals surface area contributed by atoms with Crippen molar-refractivity contribution in [1.82, 2.24) is 19.4 Å². The van der Waals surface area contributed by atoms with Crippen molar-refractivity contribution >= 4 is 12.0 Å². The fourth-order valence-corrected chi connectivity index (χ4v) is 4.86. The molecule has 25 heavy (non-hydrogen) atoms. The van der Waals surface area contributed by atoms with Crippen molar-refractivity contribution in [2.24, 2.45) is 5.41 Å². The molecule has 2 fully saturated rings. The van der Waals surface area contributed by atoms with Crippen LogP contribution in [0.2, 0.25) is 0 Å². The molecule has 4 rings (SSSR count). The summed E-state index contributed by atoms with van der Waals surface area (Å²) in [6.07, 6.45) is 6.53. The summed E-state index contributed by atoms with van der Waals surface area (Å²) >= 11 is 0. The number of carbonyl (C=O) groups is 2. The van der Waals surface area contributed by atoms with E-state index >= 15 is 0 Å². The van der Waals surface area contributed by atoms with Gasteiger partial charge in [0.25, 0.3) is 0 Å². The molecule has 1 saturated heterocycles. The quantitative estimate of drug-likeness (QED) is 0.827. The Morgan fingerprint density at radius 3 is 2.72 bits per heavy atom. The minimum Gasteiger partial charge on any atom is -0.465 e. The number of likely N-dealkylation sites (tertiary alicyclic amines) is 1. The number of nitrogens with zero attached hydrogens (tertiary/aromatic N) is 4. The second-order valence-corrected chi connectivity index (χ2v) is 7.69. The number of hydrogen-bond donors (Lipinski definition) is 2. The van der Waals surface area contributed by atoms with E-state index in [1.807, 2.05) is 4.57 Å². The van der Waals surface area contributed by atoms with Gasteiger partial charge in [0.15, 0.2) is 0 Å². The third-order valence-electron chi connectivity index (χ3n) is 6.35. The van der Waals surface area contributed by atoms with Gasteiger partial charge in [0.2, 0.25) is 5.91 Å². The molecule has 0 bridgehead atoms. The van der Waals surface area contributed by atoms with Crippen LogP contribution in [0.25, 0.3) is 0 Å². The van der Waals surface area contributed by atoms with Crippen LogP contribution in [-0.4, -0.2) is 66.8 Å². The van der Waals surface area contributed by atoms with Crippen LogP contribution in [0.5, 0.6) is 0 Å². The summed E-state index contributed by atoms with van der Waals surface area (Å²) in [5.41, 5.74) is -1.49. The van der Waals surface area contributed by atoms with E-state index in [9.17, 15) is 19.8 Å². The number of amides is 2. The number of β-amino-alcohol motifs (C(OH)–C–C–N with tert-alkyl or cyclic N) is 1. The van der Waals surface area contributed by atoms with Crippen LogP contribution in [0.15, 0.2) is 12.4 Å². The summed E-state index contributed by atoms with van der Waals surface area (Å²) in [6.45, 7) is 1.57. The van der Waals surface area contributed by atoms with Gasteiger partial charge < -0.3 is 24.6 Å². The number of imidazole rings is 1. The lowest BCUT2D eigenvalue weighted by molar-refractivity contribution is -0.159. The third-order valence-corrected chi connectivity index (χ3v) is 6.35. The zero-order valence-electron chi connectivity index (χ0n) is 14.2. The van der Waals surface area contributed by atoms with E-state index in [0.717, 1.165) is 31.5 Å². The van der Waals surface area contributed by atoms with Crippen molar-refractivity contribution in [2.75, 3.05) is 19.6 Å². The Hall–Kier alpha value is -2.09. The third kappa shape index (κ3) is 2.59. The predicted molar refractivity (Wildman–Crippen MR) is 87.7 cm³/mol. The van der Waals surface area contributed by atoms with Gasteiger partial charge in [0.1, 0.15) is 12.4 Å². The standard InChI is InChI=1S/C17H24N4O4/c22-14-10-19-8-6-18-13(19)9-21(14)12-17(25)5-7-20(15(23)24)11-16(17)3-1-2-4-16/h6,8,25H,1-5,7,9-12H2,(H,23,24). The van der Waals surface area contributed by atoms with Gasteiger partial charge in [-0.05, 0) is 19.3 Å². The minimum atomic E-state index is -1.04. The highest BCUT2D eigenvalue weighted by Gasteiger charge is 2.56. The first-order chi connectivity index (χ1) is 11.9. The van der Waals surface area contributed by atoms with E-state index < -0.39 is 17.1 Å². The average Bonchev–Trinajstić information content (AvgIpc) is 3.20. The molecule has 1 atom stereocenters. The van der Waals surface area contributed by atoms with Gasteiger partial charge in [-0.3, -0.25) is 4.79 Å². The Balaban J connectivity index is 1.58. The number of piperidine rings is 1. The van der Waals surface area contributed by atoms with Crippen LogP contribution in [-0.2, 0) is 17.9 Å². The molecular weight excluding hydrogens is 324 g/mol. The summed E-state index contributed by atoms with van der Waals surface area (Å²) in [5.74, 6) is 0.805. The molecule has 3 aliphatic rings. The van der Waals surface area contributed by atoms with Crippen molar-refractivity contribution in [3.63, 3.8) is 0 Å². The van der Waals surface area contributed by atoms with Gasteiger partial charge in [-0.15, -0.1) is 0 Å². The molecule has 1 aromatic heterocycles. The van der Waals surface area contributed by atoms with Crippen LogP contribution in [0, 0.1) is 5.41 Å². The molecule has 136 valence electrons. The Kier molecular flexibility index (Phi) is 3.75. The number of fused-ring (bicyclic) bond motifs is 1. The largest absolute Gasteiger partial charge is 0.465 e. The summed E-state index contributed by atoms with van der Waals surface area (Å²) in [7, 11) is 0. The maximum Gasteiger partial charge on any atom is 0.407 e. The first kappa shape index (κ1) is 16.4. The first-order valence-corrected chi connectivity index (χ1v) is 8.91. The Morgan fingerprint density at radius 2 is 2.00 bits per heavy atom. The molecule has 8 heteroatoms. The molecule has 1 unspecified atom stereocenters. The van der Waals surface area contributed by atoms with E-state index in [0.29, 0.717) is 26.1 Å². The molecule has 2 N–H and O–H groups in total. The monoisotopic (exact) mass is 348 g/mol. The average molecular weight is 348 g/mol. The minimum absolute atomic E-state index is 0.0206. The normalized spacial score (nSPS) is 28.4. The summed E-state index contributed by atoms with van der Waals surface area (Å²) < 4.78 is 1.83. The van der Waals surface area contributed by atoms with Crippen molar-refractivity contribution < 1.29 is 19.8 Å². The Morgan fingerprint density at radius 1 is 1.24 bits per heavy atom. The maximum absolute atomic E-state index is 12.5. The molecule has 1 aliphatic carbocycles. The van der Waals surface area contributed by atoms with Crippen LogP contribution in [0.1, 0.15) is 37.9 Å². The maximum atomic E-state index is 12.5. The Bertz CT molecular complexity index is 697. The van der Waals surface area contributed by atoms with Crippen LogP contribution in [0.3, 0.4) is 0 Å². The van der Waals surface area contributed by atoms with E-state index in [1.165, 1.54) is 4.90 Å². The van der Waals surface area contributed by atoms with E-state index in [4.69, 9.17) is 0 Å². The number of rotatable bonds is 2. The van der Waals surface area contributed by atoms with Gasteiger partial charge in [-0.1, -0.05) is 12.8 Å². The SMILES string of the molecule is O=C(O)N1CCC(O)(CN2Cc3nccn3CC2=O)C2(CCCC2)C1. The summed E-state index contributed by atoms with van der Waals surface area (Å²) in [4.78, 5) is 31.3. The van der Waals surface area contributed by atoms with E-state index in [-0.39, 0.29) is 19.0 Å². The van der Waals surface area contributed by atoms with Gasteiger partial charge >= 0.3 is 6.09 Å². The molecule has 2 amide bonds. The number of hydrogen-bond acceptors (Lipinski definition) is 4. The summed E-state index contributed by atoms with van der Waals surface area (Å²) in [5, 5.41) is 20.9. The molecule has 0 radical (unpaired) electrons.